The number of carbonyl (C=O) groups is 2. The van der Waals surface area contributed by atoms with Crippen LogP contribution < -0.4 is 4.74 Å². The number of rotatable bonds is 5. The van der Waals surface area contributed by atoms with Crippen molar-refractivity contribution in [1.82, 2.24) is 0 Å². The van der Waals surface area contributed by atoms with Gasteiger partial charge in [0, 0.05) is 17.2 Å². The summed E-state index contributed by atoms with van der Waals surface area (Å²) in [5.41, 5.74) is 1.64. The minimum atomic E-state index is -0.669. The van der Waals surface area contributed by atoms with Crippen LogP contribution in [0.2, 0.25) is 5.02 Å². The van der Waals surface area contributed by atoms with Crippen LogP contribution in [0.1, 0.15) is 27.0 Å². The molecule has 0 radical (unpaired) electrons. The molecule has 3 aromatic carbocycles. The summed E-state index contributed by atoms with van der Waals surface area (Å²) in [4.78, 5) is 39.7. The molecule has 8 nitrogen and oxygen atoms in total. The van der Waals surface area contributed by atoms with Crippen LogP contribution in [0.25, 0.3) is 6.08 Å². The lowest BCUT2D eigenvalue weighted by Gasteiger charge is -2.10. The molecule has 0 atom stereocenters. The molecule has 3 aromatic rings. The van der Waals surface area contributed by atoms with E-state index in [1.165, 1.54) is 24.3 Å². The van der Waals surface area contributed by atoms with E-state index in [0.29, 0.717) is 25.6 Å². The fourth-order valence-electron chi connectivity index (χ4n) is 3.22. The predicted octanol–water partition coefficient (Wildman–Crippen LogP) is 6.65. The van der Waals surface area contributed by atoms with Gasteiger partial charge < -0.3 is 9.47 Å². The van der Waals surface area contributed by atoms with E-state index in [1.54, 1.807) is 43.3 Å². The second-order valence-electron chi connectivity index (χ2n) is 7.28. The smallest absolute Gasteiger partial charge is 0.363 e. The second kappa shape index (κ2) is 10.1. The summed E-state index contributed by atoms with van der Waals surface area (Å²) in [7, 11) is 0. The molecule has 0 amide bonds. The Balaban J connectivity index is 1.60. The highest BCUT2D eigenvalue weighted by molar-refractivity contribution is 9.11. The van der Waals surface area contributed by atoms with Crippen LogP contribution in [0.4, 0.5) is 5.69 Å². The Kier molecular flexibility index (Phi) is 7.15. The molecule has 1 aliphatic rings. The van der Waals surface area contributed by atoms with Gasteiger partial charge in [0.05, 0.1) is 24.5 Å². The van der Waals surface area contributed by atoms with Crippen molar-refractivity contribution >= 4 is 73.1 Å². The van der Waals surface area contributed by atoms with Crippen molar-refractivity contribution in [3.63, 3.8) is 0 Å². The fraction of sp³-hybridized carbons (Fsp3) is 0.0417. The van der Waals surface area contributed by atoms with E-state index in [4.69, 9.17) is 21.1 Å². The van der Waals surface area contributed by atoms with Crippen molar-refractivity contribution in [2.45, 2.75) is 6.92 Å². The minimum Gasteiger partial charge on any atom is -0.420 e. The molecule has 0 bridgehead atoms. The molecule has 0 aliphatic carbocycles. The third-order valence-corrected chi connectivity index (χ3v) is 6.38. The Morgan fingerprint density at radius 2 is 1.83 bits per heavy atom. The molecule has 11 heteroatoms. The Hall–Kier alpha value is -3.34. The van der Waals surface area contributed by atoms with Gasteiger partial charge in [-0.1, -0.05) is 23.7 Å². The zero-order valence-electron chi connectivity index (χ0n) is 17.8. The van der Waals surface area contributed by atoms with E-state index in [9.17, 15) is 19.7 Å². The van der Waals surface area contributed by atoms with Crippen LogP contribution >= 0.6 is 43.5 Å². The Labute approximate surface area is 220 Å². The minimum absolute atomic E-state index is 0.0376. The first kappa shape index (κ1) is 24.8. The van der Waals surface area contributed by atoms with Crippen molar-refractivity contribution in [3.05, 3.63) is 107 Å². The topological polar surface area (TPSA) is 108 Å². The van der Waals surface area contributed by atoms with Gasteiger partial charge in [-0.3, -0.25) is 10.1 Å². The molecule has 0 unspecified atom stereocenters. The zero-order valence-corrected chi connectivity index (χ0v) is 21.7. The number of carbonyl (C=O) groups excluding carboxylic acids is 2. The van der Waals surface area contributed by atoms with Crippen LogP contribution in [0.5, 0.6) is 5.75 Å². The molecule has 0 aromatic heterocycles. The first-order chi connectivity index (χ1) is 16.6. The quantitative estimate of drug-likeness (QED) is 0.104. The average molecular weight is 621 g/mol. The average Bonchev–Trinajstić information content (AvgIpc) is 3.16. The van der Waals surface area contributed by atoms with E-state index in [2.05, 4.69) is 36.9 Å². The van der Waals surface area contributed by atoms with Crippen molar-refractivity contribution in [2.75, 3.05) is 0 Å². The predicted molar refractivity (Wildman–Crippen MR) is 137 cm³/mol. The lowest BCUT2D eigenvalue weighted by atomic mass is 10.1. The molecule has 0 saturated heterocycles. The van der Waals surface area contributed by atoms with Gasteiger partial charge in [0.15, 0.2) is 11.4 Å². The van der Waals surface area contributed by atoms with Gasteiger partial charge in [0.1, 0.15) is 0 Å². The van der Waals surface area contributed by atoms with Gasteiger partial charge in [-0.2, -0.15) is 0 Å². The molecule has 1 heterocycles. The molecule has 0 N–H and O–H groups in total. The zero-order chi connectivity index (χ0) is 25.3. The maximum absolute atomic E-state index is 12.5. The molecule has 4 rings (SSSR count). The van der Waals surface area contributed by atoms with E-state index >= 15 is 0 Å². The number of nitro groups is 1. The number of halogens is 3. The number of aliphatic imine (C=N–C) groups is 1. The van der Waals surface area contributed by atoms with Gasteiger partial charge in [-0.05, 0) is 86.8 Å². The van der Waals surface area contributed by atoms with Crippen LogP contribution in [0.3, 0.4) is 0 Å². The number of aryl methyl sites for hydroxylation is 1. The first-order valence-corrected chi connectivity index (χ1v) is 11.8. The van der Waals surface area contributed by atoms with E-state index in [1.807, 2.05) is 0 Å². The van der Waals surface area contributed by atoms with Gasteiger partial charge >= 0.3 is 11.9 Å². The van der Waals surface area contributed by atoms with Crippen molar-refractivity contribution in [1.29, 1.82) is 0 Å². The molecule has 176 valence electrons. The number of hydrogen-bond acceptors (Lipinski definition) is 7. The lowest BCUT2D eigenvalue weighted by molar-refractivity contribution is -0.385. The highest BCUT2D eigenvalue weighted by Crippen LogP contribution is 2.36. The molecule has 35 heavy (non-hydrogen) atoms. The number of esters is 2. The van der Waals surface area contributed by atoms with Crippen molar-refractivity contribution < 1.29 is 24.0 Å². The molecule has 0 saturated carbocycles. The number of ether oxygens (including phenoxy) is 2. The van der Waals surface area contributed by atoms with Crippen molar-refractivity contribution in [2.24, 2.45) is 4.99 Å². The summed E-state index contributed by atoms with van der Waals surface area (Å²) in [5.74, 6) is -1.02. The molecule has 0 spiro atoms. The number of cyclic esters (lactones) is 1. The second-order valence-corrected chi connectivity index (χ2v) is 9.39. The largest absolute Gasteiger partial charge is 0.420 e. The van der Waals surface area contributed by atoms with Crippen LogP contribution in [0.15, 0.2) is 74.2 Å². The lowest BCUT2D eigenvalue weighted by Crippen LogP contribution is -2.10. The summed E-state index contributed by atoms with van der Waals surface area (Å²) in [6.07, 6.45) is 1.50. The van der Waals surface area contributed by atoms with Crippen LogP contribution in [-0.4, -0.2) is 22.8 Å². The fourth-order valence-corrected chi connectivity index (χ4v) is 4.82. The van der Waals surface area contributed by atoms with E-state index < -0.39 is 16.9 Å². The number of nitrogens with zero attached hydrogens (tertiary/aromatic N) is 2. The number of hydrogen-bond donors (Lipinski definition) is 0. The van der Waals surface area contributed by atoms with Crippen LogP contribution in [-0.2, 0) is 9.53 Å². The summed E-state index contributed by atoms with van der Waals surface area (Å²) in [5, 5.41) is 11.3. The normalized spacial score (nSPS) is 14.0. The first-order valence-electron chi connectivity index (χ1n) is 9.88. The molecule has 0 fully saturated rings. The summed E-state index contributed by atoms with van der Waals surface area (Å²) in [6, 6.07) is 14.1. The Morgan fingerprint density at radius 3 is 2.46 bits per heavy atom. The van der Waals surface area contributed by atoms with Gasteiger partial charge in [0.2, 0.25) is 5.90 Å². The SMILES string of the molecule is Cc1cc(C2=N/C(=C\c3cc(Br)c(OC(=O)c4ccccc4Cl)c(Br)c3)C(=O)O2)ccc1[N+](=O)[O-]. The number of benzene rings is 3. The monoisotopic (exact) mass is 618 g/mol. The third kappa shape index (κ3) is 5.34. The summed E-state index contributed by atoms with van der Waals surface area (Å²) in [6.45, 7) is 1.59. The highest BCUT2D eigenvalue weighted by atomic mass is 79.9. The Morgan fingerprint density at radius 1 is 1.14 bits per heavy atom. The van der Waals surface area contributed by atoms with Crippen molar-refractivity contribution in [3.8, 4) is 5.75 Å². The van der Waals surface area contributed by atoms with E-state index in [0.717, 1.165) is 0 Å². The molecular formula is C24H13Br2ClN2O6. The van der Waals surface area contributed by atoms with Gasteiger partial charge in [-0.25, -0.2) is 14.6 Å². The summed E-state index contributed by atoms with van der Waals surface area (Å²) >= 11 is 12.8. The van der Waals surface area contributed by atoms with Gasteiger partial charge in [-0.15, -0.1) is 0 Å². The van der Waals surface area contributed by atoms with Gasteiger partial charge in [0.25, 0.3) is 5.69 Å². The highest BCUT2D eigenvalue weighted by Gasteiger charge is 2.26. The maximum Gasteiger partial charge on any atom is 0.363 e. The standard InChI is InChI=1S/C24H13Br2ClN2O6/c1-12-8-14(6-7-20(12)29(32)33)22-28-19(24(31)35-22)11-13-9-16(25)21(17(26)10-13)34-23(30)15-4-2-3-5-18(15)27/h2-11H,1H3/b19-11-. The van der Waals surface area contributed by atoms with Crippen LogP contribution in [0, 0.1) is 17.0 Å². The van der Waals surface area contributed by atoms with E-state index in [-0.39, 0.29) is 33.6 Å². The Bertz CT molecular complexity index is 1450. The molecule has 1 aliphatic heterocycles. The third-order valence-electron chi connectivity index (χ3n) is 4.87. The summed E-state index contributed by atoms with van der Waals surface area (Å²) < 4.78 is 11.6. The maximum atomic E-state index is 12.5. The number of nitro benzene ring substituents is 1. The molecular weight excluding hydrogens is 608 g/mol.